The number of aryl methyl sites for hydroxylation is 1. The molecule has 0 spiro atoms. The summed E-state index contributed by atoms with van der Waals surface area (Å²) < 4.78 is 1.52. The molecule has 124 valence electrons. The summed E-state index contributed by atoms with van der Waals surface area (Å²) in [6.07, 6.45) is 5.98. The second-order valence-corrected chi connectivity index (χ2v) is 6.34. The van der Waals surface area contributed by atoms with Crippen LogP contribution >= 0.6 is 0 Å². The molecule has 3 rings (SSSR count). The third kappa shape index (κ3) is 3.88. The smallest absolute Gasteiger partial charge is 0.266 e. The number of carbonyl (C=O) groups excluding carboxylic acids is 1. The van der Waals surface area contributed by atoms with E-state index >= 15 is 0 Å². The van der Waals surface area contributed by atoms with Gasteiger partial charge in [-0.05, 0) is 25.8 Å². The van der Waals surface area contributed by atoms with E-state index in [1.807, 2.05) is 11.8 Å². The molecule has 1 fully saturated rings. The van der Waals surface area contributed by atoms with Crippen molar-refractivity contribution in [1.82, 2.24) is 19.6 Å². The van der Waals surface area contributed by atoms with Gasteiger partial charge in [-0.25, -0.2) is 4.68 Å². The maximum absolute atomic E-state index is 12.4. The molecule has 0 radical (unpaired) electrons. The van der Waals surface area contributed by atoms with Gasteiger partial charge in [0.2, 0.25) is 5.91 Å². The molecule has 1 aromatic heterocycles. The Morgan fingerprint density at radius 3 is 2.52 bits per heavy atom. The van der Waals surface area contributed by atoms with E-state index in [0.29, 0.717) is 12.5 Å². The number of aromatic nitrogens is 2. The van der Waals surface area contributed by atoms with Crippen LogP contribution in [0.3, 0.4) is 0 Å². The largest absolute Gasteiger partial charge is 0.340 e. The van der Waals surface area contributed by atoms with Crippen LogP contribution in [-0.4, -0.2) is 58.2 Å². The predicted octanol–water partition coefficient (Wildman–Crippen LogP) is 0.662. The minimum Gasteiger partial charge on any atom is -0.340 e. The van der Waals surface area contributed by atoms with Gasteiger partial charge < -0.3 is 4.90 Å². The third-order valence-corrected chi connectivity index (χ3v) is 4.67. The average molecular weight is 316 g/mol. The van der Waals surface area contributed by atoms with Gasteiger partial charge in [0.15, 0.2) is 0 Å². The van der Waals surface area contributed by atoms with Crippen LogP contribution in [-0.2, 0) is 11.3 Å². The van der Waals surface area contributed by atoms with E-state index < -0.39 is 0 Å². The molecule has 1 saturated heterocycles. The van der Waals surface area contributed by atoms with Gasteiger partial charge in [0.1, 0.15) is 0 Å². The van der Waals surface area contributed by atoms with Crippen LogP contribution in [0.2, 0.25) is 0 Å². The number of piperazine rings is 1. The highest BCUT2D eigenvalue weighted by Crippen LogP contribution is 2.21. The number of nitrogens with zero attached hydrogens (tertiary/aromatic N) is 4. The number of carbonyl (C=O) groups is 1. The molecule has 1 amide bonds. The lowest BCUT2D eigenvalue weighted by atomic mass is 10.1. The molecule has 1 aliphatic carbocycles. The Morgan fingerprint density at radius 1 is 1.13 bits per heavy atom. The van der Waals surface area contributed by atoms with Crippen LogP contribution in [0.15, 0.2) is 29.1 Å². The van der Waals surface area contributed by atoms with Crippen LogP contribution in [0.4, 0.5) is 0 Å². The fourth-order valence-electron chi connectivity index (χ4n) is 3.22. The van der Waals surface area contributed by atoms with Crippen molar-refractivity contribution in [3.05, 3.63) is 40.3 Å². The fraction of sp³-hybridized carbons (Fsp3) is 0.588. The van der Waals surface area contributed by atoms with Crippen LogP contribution in [0, 0.1) is 12.8 Å². The summed E-state index contributed by atoms with van der Waals surface area (Å²) >= 11 is 0. The zero-order valence-corrected chi connectivity index (χ0v) is 13.6. The zero-order valence-electron chi connectivity index (χ0n) is 13.6. The van der Waals surface area contributed by atoms with Gasteiger partial charge in [-0.3, -0.25) is 14.5 Å². The fourth-order valence-corrected chi connectivity index (χ4v) is 3.22. The first kappa shape index (κ1) is 15.9. The summed E-state index contributed by atoms with van der Waals surface area (Å²) in [6.45, 7) is 6.58. The minimum atomic E-state index is -0.0573. The van der Waals surface area contributed by atoms with Crippen molar-refractivity contribution in [2.75, 3.05) is 32.7 Å². The Balaban J connectivity index is 1.46. The van der Waals surface area contributed by atoms with Crippen molar-refractivity contribution in [3.8, 4) is 0 Å². The second-order valence-electron chi connectivity index (χ2n) is 6.34. The number of rotatable bonds is 4. The normalized spacial score (nSPS) is 19.4. The number of hydrogen-bond acceptors (Lipinski definition) is 4. The van der Waals surface area contributed by atoms with Crippen LogP contribution in [0.1, 0.15) is 18.5 Å². The Morgan fingerprint density at radius 2 is 1.83 bits per heavy atom. The Hall–Kier alpha value is -1.95. The van der Waals surface area contributed by atoms with Crippen molar-refractivity contribution in [2.45, 2.75) is 26.3 Å². The number of amides is 1. The van der Waals surface area contributed by atoms with Crippen LogP contribution in [0.25, 0.3) is 0 Å². The Labute approximate surface area is 136 Å². The quantitative estimate of drug-likeness (QED) is 0.766. The Bertz CT molecular complexity index is 636. The van der Waals surface area contributed by atoms with Crippen molar-refractivity contribution in [1.29, 1.82) is 0 Å². The molecule has 6 nitrogen and oxygen atoms in total. The molecule has 1 aromatic rings. The molecule has 2 aliphatic rings. The lowest BCUT2D eigenvalue weighted by Crippen LogP contribution is -2.50. The first-order valence-corrected chi connectivity index (χ1v) is 8.34. The summed E-state index contributed by atoms with van der Waals surface area (Å²) in [7, 11) is 0. The molecule has 23 heavy (non-hydrogen) atoms. The molecule has 0 saturated carbocycles. The average Bonchev–Trinajstić information content (AvgIpc) is 3.10. The van der Waals surface area contributed by atoms with Crippen LogP contribution in [0.5, 0.6) is 0 Å². The molecular weight excluding hydrogens is 292 g/mol. The van der Waals surface area contributed by atoms with Crippen molar-refractivity contribution in [2.24, 2.45) is 5.92 Å². The van der Waals surface area contributed by atoms with Gasteiger partial charge in [-0.15, -0.1) is 0 Å². The summed E-state index contributed by atoms with van der Waals surface area (Å²) in [5, 5.41) is 4.26. The minimum absolute atomic E-state index is 0.0573. The molecule has 0 unspecified atom stereocenters. The van der Waals surface area contributed by atoms with Gasteiger partial charge in [0, 0.05) is 44.7 Å². The first-order chi connectivity index (χ1) is 11.1. The highest BCUT2D eigenvalue weighted by Gasteiger charge is 2.27. The van der Waals surface area contributed by atoms with Gasteiger partial charge in [0.25, 0.3) is 5.56 Å². The molecule has 0 N–H and O–H groups in total. The van der Waals surface area contributed by atoms with E-state index in [2.05, 4.69) is 22.2 Å². The van der Waals surface area contributed by atoms with E-state index in [-0.39, 0.29) is 11.5 Å². The van der Waals surface area contributed by atoms with Crippen LogP contribution < -0.4 is 5.56 Å². The highest BCUT2D eigenvalue weighted by molar-refractivity contribution is 5.79. The predicted molar refractivity (Wildman–Crippen MR) is 88.1 cm³/mol. The first-order valence-electron chi connectivity index (χ1n) is 8.34. The maximum Gasteiger partial charge on any atom is 0.266 e. The maximum atomic E-state index is 12.4. The van der Waals surface area contributed by atoms with Gasteiger partial charge in [0.05, 0.1) is 12.2 Å². The molecule has 1 aliphatic heterocycles. The topological polar surface area (TPSA) is 58.4 Å². The zero-order chi connectivity index (χ0) is 16.2. The van der Waals surface area contributed by atoms with E-state index in [9.17, 15) is 9.59 Å². The van der Waals surface area contributed by atoms with E-state index in [1.165, 1.54) is 4.68 Å². The lowest BCUT2D eigenvalue weighted by Gasteiger charge is -2.36. The summed E-state index contributed by atoms with van der Waals surface area (Å²) in [5.41, 5.74) is 0.795. The van der Waals surface area contributed by atoms with E-state index in [1.54, 1.807) is 12.1 Å². The summed E-state index contributed by atoms with van der Waals surface area (Å²) in [6, 6.07) is 3.30. The third-order valence-electron chi connectivity index (χ3n) is 4.67. The van der Waals surface area contributed by atoms with E-state index in [0.717, 1.165) is 51.3 Å². The molecule has 0 aromatic carbocycles. The number of allylic oxidation sites excluding steroid dienone is 2. The molecular formula is C17H24N4O2. The van der Waals surface area contributed by atoms with Gasteiger partial charge in [-0.1, -0.05) is 12.2 Å². The lowest BCUT2D eigenvalue weighted by molar-refractivity contribution is -0.136. The summed E-state index contributed by atoms with van der Waals surface area (Å²) in [4.78, 5) is 28.4. The monoisotopic (exact) mass is 316 g/mol. The highest BCUT2D eigenvalue weighted by atomic mass is 16.2. The molecule has 2 heterocycles. The summed E-state index contributed by atoms with van der Waals surface area (Å²) in [5.74, 6) is 0.461. The number of hydrogen-bond donors (Lipinski definition) is 0. The van der Waals surface area contributed by atoms with Crippen molar-refractivity contribution in [3.63, 3.8) is 0 Å². The second kappa shape index (κ2) is 7.08. The van der Waals surface area contributed by atoms with Crippen molar-refractivity contribution < 1.29 is 4.79 Å². The van der Waals surface area contributed by atoms with Gasteiger partial charge >= 0.3 is 0 Å². The Kier molecular flexibility index (Phi) is 4.91. The van der Waals surface area contributed by atoms with E-state index in [4.69, 9.17) is 0 Å². The van der Waals surface area contributed by atoms with Gasteiger partial charge in [-0.2, -0.15) is 5.10 Å². The molecule has 6 heteroatoms. The molecule has 0 atom stereocenters. The van der Waals surface area contributed by atoms with Crippen molar-refractivity contribution >= 4 is 5.91 Å². The standard InChI is InChI=1S/C17H24N4O2/c1-14-6-7-16(22)21(18-14)13-10-19-8-11-20(12-9-19)17(23)15-4-2-3-5-15/h2-3,6-7,15H,4-5,8-13H2,1H3. The SMILES string of the molecule is Cc1ccc(=O)n(CCN2CCN(C(=O)C3CC=CC3)CC2)n1. The molecule has 0 bridgehead atoms.